The monoisotopic (exact) mass is 1110 g/mol. The van der Waals surface area contributed by atoms with Gasteiger partial charge >= 0.3 is 15.9 Å². The van der Waals surface area contributed by atoms with Crippen molar-refractivity contribution in [3.05, 3.63) is 214 Å². The van der Waals surface area contributed by atoms with Gasteiger partial charge in [0.15, 0.2) is 28.2 Å². The van der Waals surface area contributed by atoms with Crippen LogP contribution in [0.4, 0.5) is 0 Å². The molecule has 12 heteroatoms. The Hall–Kier alpha value is -7.06. The summed E-state index contributed by atoms with van der Waals surface area (Å²) >= 11 is 0. The van der Waals surface area contributed by atoms with E-state index < -0.39 is 48.2 Å². The Kier molecular flexibility index (Phi) is 12.6. The third-order valence-corrected chi connectivity index (χ3v) is 22.6. The summed E-state index contributed by atoms with van der Waals surface area (Å²) in [5, 5.41) is -1.86. The van der Waals surface area contributed by atoms with Gasteiger partial charge in [-0.2, -0.15) is 9.05 Å². The Balaban J connectivity index is 1.11. The molecule has 0 aromatic heterocycles. The Labute approximate surface area is 472 Å². The van der Waals surface area contributed by atoms with Gasteiger partial charge in [0.25, 0.3) is 0 Å². The van der Waals surface area contributed by atoms with Gasteiger partial charge in [0.1, 0.15) is 23.0 Å². The normalized spacial score (nSPS) is 18.0. The van der Waals surface area contributed by atoms with Crippen molar-refractivity contribution in [3.8, 4) is 68.2 Å². The van der Waals surface area contributed by atoms with Crippen molar-refractivity contribution in [1.82, 2.24) is 0 Å². The maximum absolute atomic E-state index is 8.23. The fraction of sp³-hybridized carbons (Fsp3) is 0.294. The molecule has 0 amide bonds. The molecule has 12 rings (SSSR count). The molecular formula is C68H70O10P2+2. The van der Waals surface area contributed by atoms with Crippen LogP contribution < -0.4 is 37.0 Å². The minimum atomic E-state index is -3.69. The van der Waals surface area contributed by atoms with Crippen LogP contribution in [0.3, 0.4) is 0 Å². The van der Waals surface area contributed by atoms with Gasteiger partial charge in [-0.15, -0.1) is 0 Å². The molecule has 0 atom stereocenters. The van der Waals surface area contributed by atoms with Gasteiger partial charge < -0.3 is 18.9 Å². The predicted octanol–water partition coefficient (Wildman–Crippen LogP) is 17.8. The summed E-state index contributed by atoms with van der Waals surface area (Å²) in [5.74, 6) is 5.07. The largest absolute Gasteiger partial charge is 0.552 e. The highest BCUT2D eigenvalue weighted by atomic mass is 31.2. The molecule has 8 aromatic carbocycles. The third kappa shape index (κ3) is 7.73. The Morgan fingerprint density at radius 1 is 0.338 bits per heavy atom. The number of ether oxygens (including phenoxy) is 4. The maximum Gasteiger partial charge on any atom is 0.552 e. The first-order valence-corrected chi connectivity index (χ1v) is 30.3. The summed E-state index contributed by atoms with van der Waals surface area (Å²) in [6.07, 6.45) is 0. The van der Waals surface area contributed by atoms with Gasteiger partial charge in [-0.3, -0.25) is 18.1 Å². The van der Waals surface area contributed by atoms with Crippen LogP contribution in [-0.4, -0.2) is 28.4 Å². The van der Waals surface area contributed by atoms with E-state index in [9.17, 15) is 0 Å². The van der Waals surface area contributed by atoms with Crippen molar-refractivity contribution in [2.75, 3.05) is 28.4 Å². The predicted molar refractivity (Wildman–Crippen MR) is 319 cm³/mol. The quantitative estimate of drug-likeness (QED) is 0.130. The second-order valence-electron chi connectivity index (χ2n) is 24.2. The zero-order chi connectivity index (χ0) is 56.4. The summed E-state index contributed by atoms with van der Waals surface area (Å²) in [7, 11) is -0.589. The number of benzene rings is 8. The summed E-state index contributed by atoms with van der Waals surface area (Å²) in [5.41, 5.74) is 6.80. The lowest BCUT2D eigenvalue weighted by molar-refractivity contribution is 0.00370. The molecule has 4 heterocycles. The van der Waals surface area contributed by atoms with Crippen molar-refractivity contribution in [2.24, 2.45) is 0 Å². The van der Waals surface area contributed by atoms with Crippen LogP contribution >= 0.6 is 15.9 Å². The smallest absolute Gasteiger partial charge is 0.497 e. The lowest BCUT2D eigenvalue weighted by Gasteiger charge is -2.40. The van der Waals surface area contributed by atoms with Crippen LogP contribution in [0.1, 0.15) is 114 Å². The van der Waals surface area contributed by atoms with E-state index in [-0.39, 0.29) is 0 Å². The molecule has 0 radical (unpaired) electrons. The lowest BCUT2D eigenvalue weighted by atomic mass is 9.66. The molecule has 4 aliphatic rings. The zero-order valence-corrected chi connectivity index (χ0v) is 49.9. The Morgan fingerprint density at radius 3 is 0.900 bits per heavy atom. The molecule has 410 valence electrons. The SMILES string of the molecule is COc1cc2c(c(C(C)(C)C)c1)O[P+]1(Oc3c-2cc(OC)cc3C(C)(C)C)Oc2c(-c3cc(OC)cc4c3O[P+]3(OC(c5ccccc5)(c5ccccc5)C(c5ccccc5)(c5ccccc5)O3)C4(C)C)cc(OC)cc2C1(C)C. The molecule has 2 spiro atoms. The van der Waals surface area contributed by atoms with Gasteiger partial charge in [0.2, 0.25) is 16.4 Å². The third-order valence-electron chi connectivity index (χ3n) is 16.7. The van der Waals surface area contributed by atoms with Gasteiger partial charge in [-0.25, -0.2) is 0 Å². The average molecular weight is 1110 g/mol. The standard InChI is InChI=1S/C68H70O10P2/c1-63(2,3)55-39-47(69-11)35-51-52-36-48(70-12)40-56(64(4,5)6)60(52)74-79(73-59(51)55)65(7,8)57-41-49(71-13)37-53(61(57)75-79)54-38-50(72-14)42-58-62(54)76-80(66(58,9)10)77-67(43-27-19-15-20-28-43,44-29-21-16-22-30-44)68(78-80,45-31-23-17-24-32-45)46-33-25-18-26-34-46/h15-42H,1-14H3/q+2. The molecular weight excluding hydrogens is 1040 g/mol. The van der Waals surface area contributed by atoms with E-state index >= 15 is 0 Å². The van der Waals surface area contributed by atoms with Gasteiger partial charge in [-0.05, 0) is 109 Å². The highest BCUT2D eigenvalue weighted by molar-refractivity contribution is 7.64. The van der Waals surface area contributed by atoms with Crippen molar-refractivity contribution in [2.45, 2.75) is 102 Å². The van der Waals surface area contributed by atoms with Crippen molar-refractivity contribution >= 4 is 15.9 Å². The van der Waals surface area contributed by atoms with Crippen LogP contribution in [0.15, 0.2) is 170 Å². The molecule has 0 bridgehead atoms. The average Bonchev–Trinajstić information content (AvgIpc) is 2.97. The second-order valence-corrected chi connectivity index (χ2v) is 29.5. The first-order valence-electron chi connectivity index (χ1n) is 27.2. The van der Waals surface area contributed by atoms with E-state index in [4.69, 9.17) is 46.1 Å². The first kappa shape index (κ1) is 53.6. The van der Waals surface area contributed by atoms with Crippen molar-refractivity contribution in [3.63, 3.8) is 0 Å². The minimum Gasteiger partial charge on any atom is -0.497 e. The number of hydrogen-bond acceptors (Lipinski definition) is 10. The fourth-order valence-corrected chi connectivity index (χ4v) is 17.9. The minimum absolute atomic E-state index is 0.407. The molecule has 0 saturated carbocycles. The topological polar surface area (TPSA) is 92.3 Å². The highest BCUT2D eigenvalue weighted by Gasteiger charge is 2.85. The van der Waals surface area contributed by atoms with E-state index in [1.807, 2.05) is 48.5 Å². The number of rotatable bonds is 9. The second kappa shape index (κ2) is 18.8. The molecule has 10 nitrogen and oxygen atoms in total. The molecule has 0 aliphatic carbocycles. The molecule has 4 aliphatic heterocycles. The fourth-order valence-electron chi connectivity index (χ4n) is 12.2. The molecule has 1 saturated heterocycles. The molecule has 80 heavy (non-hydrogen) atoms. The van der Waals surface area contributed by atoms with Crippen LogP contribution in [0.25, 0.3) is 22.3 Å². The van der Waals surface area contributed by atoms with Gasteiger partial charge in [0, 0.05) is 33.4 Å². The van der Waals surface area contributed by atoms with E-state index in [1.165, 1.54) is 0 Å². The first-order chi connectivity index (χ1) is 38.1. The van der Waals surface area contributed by atoms with Crippen LogP contribution in [0, 0.1) is 0 Å². The summed E-state index contributed by atoms with van der Waals surface area (Å²) in [4.78, 5) is 0. The number of fused-ring (bicyclic) bond motifs is 5. The van der Waals surface area contributed by atoms with E-state index in [0.29, 0.717) is 57.1 Å². The van der Waals surface area contributed by atoms with Gasteiger partial charge in [-0.1, -0.05) is 163 Å². The Morgan fingerprint density at radius 2 is 0.600 bits per heavy atom. The molecule has 1 fully saturated rings. The molecule has 8 aromatic rings. The van der Waals surface area contributed by atoms with E-state index in [0.717, 1.165) is 55.6 Å². The van der Waals surface area contributed by atoms with Crippen molar-refractivity contribution in [1.29, 1.82) is 0 Å². The van der Waals surface area contributed by atoms with E-state index in [1.54, 1.807) is 28.4 Å². The van der Waals surface area contributed by atoms with Crippen LogP contribution in [0.5, 0.6) is 46.0 Å². The van der Waals surface area contributed by atoms with Crippen molar-refractivity contribution < 1.29 is 46.1 Å². The molecule has 0 unspecified atom stereocenters. The van der Waals surface area contributed by atoms with E-state index in [2.05, 4.69) is 191 Å². The highest BCUT2D eigenvalue weighted by Crippen LogP contribution is 2.90. The summed E-state index contributed by atoms with van der Waals surface area (Å²) in [6.45, 7) is 21.7. The lowest BCUT2D eigenvalue weighted by Crippen LogP contribution is -2.48. The number of methoxy groups -OCH3 is 4. The Bertz CT molecular complexity index is 3460. The van der Waals surface area contributed by atoms with Gasteiger partial charge in [0.05, 0.1) is 39.6 Å². The van der Waals surface area contributed by atoms with Crippen LogP contribution in [0.2, 0.25) is 0 Å². The number of hydrogen-bond donors (Lipinski definition) is 0. The maximum atomic E-state index is 8.23. The van der Waals surface area contributed by atoms with Crippen LogP contribution in [-0.2, 0) is 41.4 Å². The zero-order valence-electron chi connectivity index (χ0n) is 48.1. The summed E-state index contributed by atoms with van der Waals surface area (Å²) in [6, 6.07) is 58.1. The summed E-state index contributed by atoms with van der Waals surface area (Å²) < 4.78 is 72.3. The molecule has 0 N–H and O–H groups in total.